The van der Waals surface area contributed by atoms with Gasteiger partial charge in [-0.1, -0.05) is 6.07 Å². The number of nitrogens with one attached hydrogen (secondary N) is 2. The summed E-state index contributed by atoms with van der Waals surface area (Å²) in [6.45, 7) is 2.26. The molecule has 3 heterocycles. The molecule has 2 fully saturated rings. The lowest BCUT2D eigenvalue weighted by Gasteiger charge is -2.36. The number of phenolic OH excluding ortho intramolecular Hbond substituents is 1. The number of hydrogen-bond acceptors (Lipinski definition) is 6. The van der Waals surface area contributed by atoms with Gasteiger partial charge in [0.15, 0.2) is 0 Å². The predicted octanol–water partition coefficient (Wildman–Crippen LogP) is 2.66. The van der Waals surface area contributed by atoms with Crippen LogP contribution in [0.2, 0.25) is 0 Å². The van der Waals surface area contributed by atoms with Gasteiger partial charge in [-0.2, -0.15) is 0 Å². The van der Waals surface area contributed by atoms with Crippen molar-refractivity contribution in [1.82, 2.24) is 20.8 Å². The zero-order chi connectivity index (χ0) is 20.4. The predicted molar refractivity (Wildman–Crippen MR) is 110 cm³/mol. The zero-order valence-corrected chi connectivity index (χ0v) is 16.7. The molecule has 2 aromatic rings. The van der Waals surface area contributed by atoms with Gasteiger partial charge in [0.25, 0.3) is 0 Å². The van der Waals surface area contributed by atoms with Gasteiger partial charge in [-0.3, -0.25) is 4.79 Å². The molecule has 0 saturated carbocycles. The maximum absolute atomic E-state index is 11.3. The number of nitrogens with zero attached hydrogens (tertiary/aromatic N) is 2. The van der Waals surface area contributed by atoms with Crippen molar-refractivity contribution in [2.75, 3.05) is 7.05 Å². The zero-order valence-electron chi connectivity index (χ0n) is 16.7. The first kappa shape index (κ1) is 19.4. The number of amides is 1. The third kappa shape index (κ3) is 4.40. The molecule has 1 aromatic heterocycles. The molecule has 0 spiro atoms. The third-order valence-electron chi connectivity index (χ3n) is 5.72. The van der Waals surface area contributed by atoms with Crippen LogP contribution in [-0.2, 0) is 4.79 Å². The molecule has 29 heavy (non-hydrogen) atoms. The summed E-state index contributed by atoms with van der Waals surface area (Å²) in [6.07, 6.45) is 7.55. The average molecular weight is 394 g/mol. The molecule has 0 radical (unpaired) electrons. The van der Waals surface area contributed by atoms with Gasteiger partial charge in [-0.15, -0.1) is 10.2 Å². The molecule has 3 atom stereocenters. The van der Waals surface area contributed by atoms with Crippen molar-refractivity contribution in [2.45, 2.75) is 50.3 Å². The smallest absolute Gasteiger partial charge is 0.243 e. The fourth-order valence-corrected chi connectivity index (χ4v) is 4.28. The third-order valence-corrected chi connectivity index (χ3v) is 5.72. The van der Waals surface area contributed by atoms with Crippen molar-refractivity contribution in [1.29, 1.82) is 0 Å². The van der Waals surface area contributed by atoms with Crippen LogP contribution in [0.3, 0.4) is 0 Å². The molecule has 1 amide bonds. The number of hydrogen-bond donors (Lipinski definition) is 3. The summed E-state index contributed by atoms with van der Waals surface area (Å²) in [6, 6.07) is 9.29. The van der Waals surface area contributed by atoms with Gasteiger partial charge in [-0.25, -0.2) is 0 Å². The van der Waals surface area contributed by atoms with E-state index in [1.165, 1.54) is 18.9 Å². The number of piperidine rings is 1. The van der Waals surface area contributed by atoms with Gasteiger partial charge in [0.1, 0.15) is 11.9 Å². The maximum Gasteiger partial charge on any atom is 0.243 e. The summed E-state index contributed by atoms with van der Waals surface area (Å²) in [7, 11) is 1.56. The molecule has 3 N–H and O–H groups in total. The SMILES string of the molecule is CNC(=O)/C=C/c1ccc(-c2ccc(O[C@H]3C[C@@H]4CC[C@](C)(C3)N4)nn2)c(O)c1. The van der Waals surface area contributed by atoms with Crippen molar-refractivity contribution < 1.29 is 14.6 Å². The van der Waals surface area contributed by atoms with Crippen LogP contribution in [0.4, 0.5) is 0 Å². The highest BCUT2D eigenvalue weighted by molar-refractivity contribution is 5.91. The molecule has 7 nitrogen and oxygen atoms in total. The topological polar surface area (TPSA) is 96.4 Å². The van der Waals surface area contributed by atoms with Gasteiger partial charge in [0.2, 0.25) is 11.8 Å². The number of carbonyl (C=O) groups excluding carboxylic acids is 1. The standard InChI is InChI=1S/C22H26N4O3/c1-22-10-9-15(24-22)12-16(13-22)29-21-8-6-18(25-26-21)17-5-3-14(11-19(17)27)4-7-20(28)23-2/h3-8,11,15-16,24,27H,9-10,12-13H2,1-2H3,(H,23,28)/b7-4+/t15-,16-,22+/m0/s1. The average Bonchev–Trinajstić information content (AvgIpc) is 2.99. The quantitative estimate of drug-likeness (QED) is 0.675. The molecule has 152 valence electrons. The first-order valence-electron chi connectivity index (χ1n) is 9.95. The summed E-state index contributed by atoms with van der Waals surface area (Å²) in [5, 5.41) is 25.0. The second-order valence-electron chi connectivity index (χ2n) is 8.10. The molecule has 2 aliphatic rings. The second kappa shape index (κ2) is 7.83. The number of benzene rings is 1. The minimum absolute atomic E-state index is 0.0786. The van der Waals surface area contributed by atoms with Crippen molar-refractivity contribution in [2.24, 2.45) is 0 Å². The molecule has 1 aromatic carbocycles. The van der Waals surface area contributed by atoms with Crippen LogP contribution < -0.4 is 15.4 Å². The van der Waals surface area contributed by atoms with Gasteiger partial charge in [-0.05, 0) is 56.0 Å². The molecule has 2 bridgehead atoms. The first-order valence-corrected chi connectivity index (χ1v) is 9.95. The van der Waals surface area contributed by atoms with Crippen LogP contribution in [-0.4, -0.2) is 45.9 Å². The van der Waals surface area contributed by atoms with E-state index in [0.29, 0.717) is 23.2 Å². The molecular weight excluding hydrogens is 368 g/mol. The van der Waals surface area contributed by atoms with E-state index in [2.05, 4.69) is 27.8 Å². The number of carbonyl (C=O) groups is 1. The van der Waals surface area contributed by atoms with E-state index in [1.807, 2.05) is 6.07 Å². The number of fused-ring (bicyclic) bond motifs is 2. The Bertz CT molecular complexity index is 928. The minimum atomic E-state index is -0.203. The normalized spacial score (nSPS) is 25.9. The Morgan fingerprint density at radius 2 is 2.21 bits per heavy atom. The Labute approximate surface area is 170 Å². The Morgan fingerprint density at radius 3 is 2.90 bits per heavy atom. The Morgan fingerprint density at radius 1 is 1.34 bits per heavy atom. The minimum Gasteiger partial charge on any atom is -0.507 e. The Kier molecular flexibility index (Phi) is 5.24. The fraction of sp³-hybridized carbons (Fsp3) is 0.409. The molecule has 0 aliphatic carbocycles. The summed E-state index contributed by atoms with van der Waals surface area (Å²) < 4.78 is 6.08. The number of phenols is 1. The van der Waals surface area contributed by atoms with Crippen LogP contribution in [0.5, 0.6) is 11.6 Å². The summed E-state index contributed by atoms with van der Waals surface area (Å²) in [4.78, 5) is 11.3. The highest BCUT2D eigenvalue weighted by Gasteiger charge is 2.42. The van der Waals surface area contributed by atoms with E-state index >= 15 is 0 Å². The highest BCUT2D eigenvalue weighted by atomic mass is 16.5. The molecule has 2 aliphatic heterocycles. The van der Waals surface area contributed by atoms with Crippen molar-refractivity contribution in [3.63, 3.8) is 0 Å². The molecular formula is C22H26N4O3. The molecule has 2 saturated heterocycles. The van der Waals surface area contributed by atoms with Crippen LogP contribution in [0.25, 0.3) is 17.3 Å². The van der Waals surface area contributed by atoms with Crippen LogP contribution >= 0.6 is 0 Å². The lowest BCUT2D eigenvalue weighted by molar-refractivity contribution is -0.115. The monoisotopic (exact) mass is 394 g/mol. The number of aromatic nitrogens is 2. The molecule has 4 rings (SSSR count). The Balaban J connectivity index is 1.44. The number of aromatic hydroxyl groups is 1. The van der Waals surface area contributed by atoms with E-state index in [-0.39, 0.29) is 23.3 Å². The van der Waals surface area contributed by atoms with Gasteiger partial charge < -0.3 is 20.5 Å². The van der Waals surface area contributed by atoms with Crippen LogP contribution in [0, 0.1) is 0 Å². The Hall–Kier alpha value is -2.93. The van der Waals surface area contributed by atoms with Crippen molar-refractivity contribution in [3.8, 4) is 22.9 Å². The van der Waals surface area contributed by atoms with Crippen molar-refractivity contribution in [3.05, 3.63) is 42.0 Å². The lowest BCUT2D eigenvalue weighted by Crippen LogP contribution is -2.50. The summed E-state index contributed by atoms with van der Waals surface area (Å²) in [5.74, 6) is 0.383. The number of rotatable bonds is 5. The largest absolute Gasteiger partial charge is 0.507 e. The van der Waals surface area contributed by atoms with E-state index in [0.717, 1.165) is 18.4 Å². The van der Waals surface area contributed by atoms with Gasteiger partial charge in [0.05, 0.1) is 5.69 Å². The lowest BCUT2D eigenvalue weighted by atomic mass is 9.91. The number of likely N-dealkylation sites (N-methyl/N-ethyl adjacent to an activating group) is 1. The summed E-state index contributed by atoms with van der Waals surface area (Å²) in [5.41, 5.74) is 2.03. The maximum atomic E-state index is 11.3. The summed E-state index contributed by atoms with van der Waals surface area (Å²) >= 11 is 0. The van der Waals surface area contributed by atoms with E-state index in [1.54, 1.807) is 37.4 Å². The highest BCUT2D eigenvalue weighted by Crippen LogP contribution is 2.37. The van der Waals surface area contributed by atoms with Gasteiger partial charge in [0, 0.05) is 42.8 Å². The van der Waals surface area contributed by atoms with Crippen molar-refractivity contribution >= 4 is 12.0 Å². The van der Waals surface area contributed by atoms with Crippen LogP contribution in [0.15, 0.2) is 36.4 Å². The molecule has 7 heteroatoms. The van der Waals surface area contributed by atoms with E-state index in [9.17, 15) is 9.90 Å². The fourth-order valence-electron chi connectivity index (χ4n) is 4.28. The molecule has 0 unspecified atom stereocenters. The second-order valence-corrected chi connectivity index (χ2v) is 8.10. The van der Waals surface area contributed by atoms with Gasteiger partial charge >= 0.3 is 0 Å². The van der Waals surface area contributed by atoms with Crippen LogP contribution in [0.1, 0.15) is 38.2 Å². The first-order chi connectivity index (χ1) is 13.9. The van der Waals surface area contributed by atoms with E-state index < -0.39 is 0 Å². The van der Waals surface area contributed by atoms with E-state index in [4.69, 9.17) is 4.74 Å². The number of ether oxygens (including phenoxy) is 1.